The smallest absolute Gasteiger partial charge is 0.332 e. The van der Waals surface area contributed by atoms with Gasteiger partial charge >= 0.3 is 17.9 Å². The highest BCUT2D eigenvalue weighted by atomic mass is 16.6. The number of pyridine rings is 1. The van der Waals surface area contributed by atoms with Gasteiger partial charge in [0, 0.05) is 18.8 Å². The second-order valence-electron chi connectivity index (χ2n) is 7.96. The number of nitrogens with one attached hydrogen (secondary N) is 2. The van der Waals surface area contributed by atoms with Crippen LogP contribution in [0.1, 0.15) is 38.2 Å². The van der Waals surface area contributed by atoms with Gasteiger partial charge in [0.1, 0.15) is 18.6 Å². The van der Waals surface area contributed by atoms with Gasteiger partial charge in [-0.15, -0.1) is 0 Å². The summed E-state index contributed by atoms with van der Waals surface area (Å²) in [6.45, 7) is 6.26. The van der Waals surface area contributed by atoms with Crippen LogP contribution in [0.2, 0.25) is 0 Å². The molecule has 4 atom stereocenters. The second-order valence-corrected chi connectivity index (χ2v) is 7.96. The van der Waals surface area contributed by atoms with E-state index in [1.807, 2.05) is 0 Å². The van der Waals surface area contributed by atoms with Gasteiger partial charge < -0.3 is 34.7 Å². The fourth-order valence-corrected chi connectivity index (χ4v) is 3.20. The lowest BCUT2D eigenvalue weighted by molar-refractivity contribution is -0.176. The van der Waals surface area contributed by atoms with Gasteiger partial charge in [-0.05, 0) is 20.9 Å². The molecule has 1 aromatic rings. The average molecular weight is 482 g/mol. The van der Waals surface area contributed by atoms with Crippen LogP contribution in [0.3, 0.4) is 0 Å². The summed E-state index contributed by atoms with van der Waals surface area (Å²) in [7, 11) is 1.61. The highest BCUT2D eigenvalue weighted by Crippen LogP contribution is 2.28. The van der Waals surface area contributed by atoms with E-state index in [1.54, 1.807) is 27.8 Å². The molecule has 3 N–H and O–H groups in total. The Bertz CT molecular complexity index is 906. The van der Waals surface area contributed by atoms with Crippen molar-refractivity contribution in [1.82, 2.24) is 15.6 Å². The zero-order chi connectivity index (χ0) is 25.4. The maximum absolute atomic E-state index is 12.8. The van der Waals surface area contributed by atoms with E-state index in [2.05, 4.69) is 15.6 Å². The third-order valence-electron chi connectivity index (χ3n) is 5.00. The Morgan fingerprint density at radius 2 is 2.00 bits per heavy atom. The Morgan fingerprint density at radius 3 is 2.62 bits per heavy atom. The molecule has 188 valence electrons. The molecule has 1 fully saturated rings. The summed E-state index contributed by atoms with van der Waals surface area (Å²) < 4.78 is 21.4. The molecular weight excluding hydrogens is 450 g/mol. The van der Waals surface area contributed by atoms with Gasteiger partial charge in [0.25, 0.3) is 5.91 Å². The monoisotopic (exact) mass is 481 g/mol. The molecule has 0 bridgehead atoms. The number of carbonyl (C=O) groups is 4. The highest BCUT2D eigenvalue weighted by molar-refractivity contribution is 5.98. The lowest BCUT2D eigenvalue weighted by Gasteiger charge is -2.29. The van der Waals surface area contributed by atoms with Gasteiger partial charge in [0.15, 0.2) is 29.3 Å². The van der Waals surface area contributed by atoms with Crippen molar-refractivity contribution in [2.75, 3.05) is 26.8 Å². The summed E-state index contributed by atoms with van der Waals surface area (Å²) >= 11 is 0. The first kappa shape index (κ1) is 26.8. The van der Waals surface area contributed by atoms with Crippen LogP contribution in [0.15, 0.2) is 12.3 Å². The molecule has 0 saturated carbocycles. The molecule has 1 saturated heterocycles. The predicted octanol–water partition coefficient (Wildman–Crippen LogP) is 0.176. The molecule has 0 radical (unpaired) electrons. The lowest BCUT2D eigenvalue weighted by Crippen LogP contribution is -2.47. The van der Waals surface area contributed by atoms with E-state index in [-0.39, 0.29) is 24.6 Å². The Balaban J connectivity index is 2.26. The number of nitrogens with zero attached hydrogens (tertiary/aromatic N) is 1. The van der Waals surface area contributed by atoms with Crippen molar-refractivity contribution >= 4 is 23.8 Å². The van der Waals surface area contributed by atoms with Crippen molar-refractivity contribution in [1.29, 1.82) is 0 Å². The van der Waals surface area contributed by atoms with Crippen molar-refractivity contribution in [3.05, 3.63) is 18.0 Å². The number of amides is 1. The van der Waals surface area contributed by atoms with Crippen LogP contribution in [0.5, 0.6) is 11.5 Å². The lowest BCUT2D eigenvalue weighted by atomic mass is 9.97. The summed E-state index contributed by atoms with van der Waals surface area (Å²) in [5.41, 5.74) is -0.380. The molecule has 0 aliphatic carbocycles. The number of carbonyl (C=O) groups excluding carboxylic acids is 4. The Kier molecular flexibility index (Phi) is 9.60. The normalized spacial score (nSPS) is 23.1. The van der Waals surface area contributed by atoms with Crippen LogP contribution in [-0.4, -0.2) is 79.0 Å². The number of esters is 3. The van der Waals surface area contributed by atoms with E-state index < -0.39 is 66.3 Å². The minimum absolute atomic E-state index is 0.0458. The van der Waals surface area contributed by atoms with E-state index in [0.717, 1.165) is 0 Å². The first-order chi connectivity index (χ1) is 16.1. The second kappa shape index (κ2) is 12.2. The number of cyclic esters (lactones) is 2. The third kappa shape index (κ3) is 6.56. The molecule has 12 nitrogen and oxygen atoms in total. The quantitative estimate of drug-likeness (QED) is 0.343. The Labute approximate surface area is 197 Å². The van der Waals surface area contributed by atoms with Crippen molar-refractivity contribution in [3.63, 3.8) is 0 Å². The first-order valence-electron chi connectivity index (χ1n) is 10.9. The molecular formula is C22H31N3O9. The van der Waals surface area contributed by atoms with E-state index >= 15 is 0 Å². The topological polar surface area (TPSA) is 162 Å². The van der Waals surface area contributed by atoms with Crippen LogP contribution in [0.4, 0.5) is 0 Å². The molecule has 0 aromatic carbocycles. The fraction of sp³-hybridized carbons (Fsp3) is 0.591. The number of aromatic nitrogens is 1. The van der Waals surface area contributed by atoms with Crippen LogP contribution in [0.25, 0.3) is 0 Å². The molecule has 1 amide bonds. The van der Waals surface area contributed by atoms with E-state index in [9.17, 15) is 24.3 Å². The van der Waals surface area contributed by atoms with Gasteiger partial charge in [0.2, 0.25) is 0 Å². The minimum atomic E-state index is -1.40. The minimum Gasteiger partial charge on any atom is -0.503 e. The van der Waals surface area contributed by atoms with Crippen molar-refractivity contribution in [2.24, 2.45) is 11.8 Å². The SMILES string of the molecule is CCOc1ccnc(C(=O)NC2COC(=O)C(CNC)C(OC(=O)C(C)C)[C@H](C)OC2=O)c1O. The summed E-state index contributed by atoms with van der Waals surface area (Å²) in [6, 6.07) is -0.0148. The van der Waals surface area contributed by atoms with Gasteiger partial charge in [-0.3, -0.25) is 14.4 Å². The van der Waals surface area contributed by atoms with Gasteiger partial charge in [0.05, 0.1) is 12.5 Å². The molecule has 3 unspecified atom stereocenters. The number of ether oxygens (including phenoxy) is 4. The number of aromatic hydroxyl groups is 1. The zero-order valence-electron chi connectivity index (χ0n) is 19.8. The van der Waals surface area contributed by atoms with E-state index in [4.69, 9.17) is 18.9 Å². The van der Waals surface area contributed by atoms with Crippen LogP contribution < -0.4 is 15.4 Å². The zero-order valence-corrected chi connectivity index (χ0v) is 19.8. The fourth-order valence-electron chi connectivity index (χ4n) is 3.20. The van der Waals surface area contributed by atoms with Crippen LogP contribution >= 0.6 is 0 Å². The molecule has 2 heterocycles. The standard InChI is InChI=1S/C22H31N3O9/c1-6-31-15-7-8-24-16(17(15)26)19(27)25-14-10-32-21(29)13(9-23-5)18(12(4)33-22(14)30)34-20(28)11(2)3/h7-8,11-14,18,23,26H,6,9-10H2,1-5H3,(H,25,27)/t12-,13?,14?,18?/m0/s1. The molecule has 2 rings (SSSR count). The highest BCUT2D eigenvalue weighted by Gasteiger charge is 2.42. The van der Waals surface area contributed by atoms with Crippen molar-refractivity contribution in [2.45, 2.75) is 45.9 Å². The van der Waals surface area contributed by atoms with E-state index in [1.165, 1.54) is 19.2 Å². The molecule has 1 aliphatic heterocycles. The van der Waals surface area contributed by atoms with E-state index in [0.29, 0.717) is 0 Å². The third-order valence-corrected chi connectivity index (χ3v) is 5.00. The average Bonchev–Trinajstić information content (AvgIpc) is 2.82. The summed E-state index contributed by atoms with van der Waals surface area (Å²) in [5.74, 6) is -5.01. The Hall–Kier alpha value is -3.41. The summed E-state index contributed by atoms with van der Waals surface area (Å²) in [4.78, 5) is 54.4. The van der Waals surface area contributed by atoms with Crippen molar-refractivity contribution in [3.8, 4) is 11.5 Å². The predicted molar refractivity (Wildman–Crippen MR) is 117 cm³/mol. The molecule has 34 heavy (non-hydrogen) atoms. The molecule has 1 aliphatic rings. The summed E-state index contributed by atoms with van der Waals surface area (Å²) in [6.07, 6.45) is -0.868. The summed E-state index contributed by atoms with van der Waals surface area (Å²) in [5, 5.41) is 15.5. The number of hydrogen-bond donors (Lipinski definition) is 3. The van der Waals surface area contributed by atoms with Crippen molar-refractivity contribution < 1.29 is 43.2 Å². The Morgan fingerprint density at radius 1 is 1.29 bits per heavy atom. The number of rotatable bonds is 8. The van der Waals surface area contributed by atoms with Gasteiger partial charge in [-0.1, -0.05) is 13.8 Å². The maximum atomic E-state index is 12.8. The van der Waals surface area contributed by atoms with Crippen LogP contribution in [-0.2, 0) is 28.6 Å². The maximum Gasteiger partial charge on any atom is 0.332 e. The largest absolute Gasteiger partial charge is 0.503 e. The molecule has 0 spiro atoms. The molecule has 12 heteroatoms. The van der Waals surface area contributed by atoms with Gasteiger partial charge in [-0.2, -0.15) is 0 Å². The van der Waals surface area contributed by atoms with Gasteiger partial charge in [-0.25, -0.2) is 9.78 Å². The van der Waals surface area contributed by atoms with Crippen LogP contribution in [0, 0.1) is 11.8 Å². The number of hydrogen-bond acceptors (Lipinski definition) is 11. The first-order valence-corrected chi connectivity index (χ1v) is 10.9. The molecule has 1 aromatic heterocycles.